The maximum atomic E-state index is 11.9. The average molecular weight is 354 g/mol. The molecule has 2 aromatic carbocycles. The first-order valence-electron chi connectivity index (χ1n) is 7.95. The Morgan fingerprint density at radius 3 is 2.48 bits per heavy atom. The first-order valence-corrected chi connectivity index (χ1v) is 8.33. The Balaban J connectivity index is 1.62. The molecule has 1 fully saturated rings. The number of hydrogen-bond donors (Lipinski definition) is 0. The van der Waals surface area contributed by atoms with Crippen LogP contribution in [0, 0.1) is 0 Å². The van der Waals surface area contributed by atoms with Crippen molar-refractivity contribution in [3.63, 3.8) is 0 Å². The van der Waals surface area contributed by atoms with E-state index in [1.54, 1.807) is 17.0 Å². The largest absolute Gasteiger partial charge is 0.359 e. The third kappa shape index (κ3) is 3.16. The molecule has 0 amide bonds. The molecule has 1 saturated heterocycles. The highest BCUT2D eigenvalue weighted by atomic mass is 35.5. The standard InChI is InChI=1S/C19H16ClN3O2/c20-15-3-7-17(8-4-15)23-13-25-12-18(23)14-1-5-16(6-2-14)22-10-9-21-11-19(22)24/h1-11,18H,12-13H2. The molecule has 0 bridgehead atoms. The lowest BCUT2D eigenvalue weighted by molar-refractivity contribution is 0.194. The molecular weight excluding hydrogens is 338 g/mol. The quantitative estimate of drug-likeness (QED) is 0.724. The van der Waals surface area contributed by atoms with E-state index >= 15 is 0 Å². The van der Waals surface area contributed by atoms with Gasteiger partial charge in [0.15, 0.2) is 0 Å². The van der Waals surface area contributed by atoms with Crippen molar-refractivity contribution in [2.45, 2.75) is 6.04 Å². The lowest BCUT2D eigenvalue weighted by Gasteiger charge is -2.25. The summed E-state index contributed by atoms with van der Waals surface area (Å²) in [7, 11) is 0. The van der Waals surface area contributed by atoms with Crippen LogP contribution in [0.4, 0.5) is 5.69 Å². The van der Waals surface area contributed by atoms with Gasteiger partial charge in [-0.2, -0.15) is 0 Å². The van der Waals surface area contributed by atoms with Crippen LogP contribution in [0.1, 0.15) is 11.6 Å². The van der Waals surface area contributed by atoms with Gasteiger partial charge in [0.25, 0.3) is 5.56 Å². The summed E-state index contributed by atoms with van der Waals surface area (Å²) in [6.45, 7) is 1.16. The summed E-state index contributed by atoms with van der Waals surface area (Å²) >= 11 is 5.98. The third-order valence-corrected chi connectivity index (χ3v) is 4.57. The van der Waals surface area contributed by atoms with Crippen LogP contribution < -0.4 is 10.5 Å². The summed E-state index contributed by atoms with van der Waals surface area (Å²) in [6, 6.07) is 15.8. The maximum Gasteiger partial charge on any atom is 0.273 e. The highest BCUT2D eigenvalue weighted by Crippen LogP contribution is 2.32. The monoisotopic (exact) mass is 353 g/mol. The molecule has 1 aromatic heterocycles. The van der Waals surface area contributed by atoms with Gasteiger partial charge in [-0.1, -0.05) is 23.7 Å². The summed E-state index contributed by atoms with van der Waals surface area (Å²) in [5.41, 5.74) is 2.87. The molecule has 0 N–H and O–H groups in total. The summed E-state index contributed by atoms with van der Waals surface area (Å²) < 4.78 is 7.24. The van der Waals surface area contributed by atoms with Crippen LogP contribution in [0.25, 0.3) is 5.69 Å². The number of hydrogen-bond acceptors (Lipinski definition) is 4. The van der Waals surface area contributed by atoms with Gasteiger partial charge in [0, 0.05) is 28.8 Å². The van der Waals surface area contributed by atoms with Crippen LogP contribution in [0.5, 0.6) is 0 Å². The van der Waals surface area contributed by atoms with Crippen molar-refractivity contribution in [2.24, 2.45) is 0 Å². The minimum absolute atomic E-state index is 0.129. The fourth-order valence-electron chi connectivity index (χ4n) is 3.02. The molecule has 4 rings (SSSR count). The third-order valence-electron chi connectivity index (χ3n) is 4.32. The lowest BCUT2D eigenvalue weighted by Crippen LogP contribution is -2.23. The summed E-state index contributed by atoms with van der Waals surface area (Å²) in [5.74, 6) is 0. The van der Waals surface area contributed by atoms with E-state index in [1.807, 2.05) is 48.5 Å². The van der Waals surface area contributed by atoms with Crippen molar-refractivity contribution in [3.05, 3.63) is 88.1 Å². The topological polar surface area (TPSA) is 47.4 Å². The molecule has 0 spiro atoms. The zero-order valence-corrected chi connectivity index (χ0v) is 14.1. The van der Waals surface area contributed by atoms with Crippen molar-refractivity contribution < 1.29 is 4.74 Å². The van der Waals surface area contributed by atoms with Crippen molar-refractivity contribution in [2.75, 3.05) is 18.2 Å². The SMILES string of the molecule is O=c1cnccn1-c1ccc(C2COCN2c2ccc(Cl)cc2)cc1. The van der Waals surface area contributed by atoms with Crippen molar-refractivity contribution >= 4 is 17.3 Å². The highest BCUT2D eigenvalue weighted by Gasteiger charge is 2.27. The van der Waals surface area contributed by atoms with Crippen LogP contribution >= 0.6 is 11.6 Å². The number of anilines is 1. The van der Waals surface area contributed by atoms with Crippen molar-refractivity contribution in [1.29, 1.82) is 0 Å². The fourth-order valence-corrected chi connectivity index (χ4v) is 3.15. The van der Waals surface area contributed by atoms with Gasteiger partial charge < -0.3 is 9.64 Å². The van der Waals surface area contributed by atoms with Gasteiger partial charge >= 0.3 is 0 Å². The molecular formula is C19H16ClN3O2. The smallest absolute Gasteiger partial charge is 0.273 e. The second kappa shape index (κ2) is 6.70. The summed E-state index contributed by atoms with van der Waals surface area (Å²) in [4.78, 5) is 17.9. The Hall–Kier alpha value is -2.63. The molecule has 0 aliphatic carbocycles. The normalized spacial score (nSPS) is 17.0. The van der Waals surface area contributed by atoms with E-state index in [9.17, 15) is 4.79 Å². The minimum atomic E-state index is -0.151. The second-order valence-electron chi connectivity index (χ2n) is 5.84. The highest BCUT2D eigenvalue weighted by molar-refractivity contribution is 6.30. The first kappa shape index (κ1) is 15.9. The van der Waals surface area contributed by atoms with Crippen LogP contribution in [-0.2, 0) is 4.74 Å². The van der Waals surface area contributed by atoms with Crippen LogP contribution in [0.2, 0.25) is 5.02 Å². The van der Waals surface area contributed by atoms with Gasteiger partial charge in [0.2, 0.25) is 0 Å². The molecule has 5 nitrogen and oxygen atoms in total. The Labute approximate surface area is 150 Å². The Morgan fingerprint density at radius 2 is 1.76 bits per heavy atom. The predicted octanol–water partition coefficient (Wildman–Crippen LogP) is 3.42. The average Bonchev–Trinajstić information content (AvgIpc) is 3.13. The number of rotatable bonds is 3. The van der Waals surface area contributed by atoms with Crippen LogP contribution in [0.3, 0.4) is 0 Å². The van der Waals surface area contributed by atoms with E-state index < -0.39 is 0 Å². The molecule has 25 heavy (non-hydrogen) atoms. The summed E-state index contributed by atoms with van der Waals surface area (Å²) in [5, 5.41) is 0.715. The zero-order valence-electron chi connectivity index (χ0n) is 13.4. The molecule has 126 valence electrons. The predicted molar refractivity (Wildman–Crippen MR) is 97.3 cm³/mol. The number of nitrogens with zero attached hydrogens (tertiary/aromatic N) is 3. The van der Waals surface area contributed by atoms with E-state index in [0.29, 0.717) is 18.4 Å². The molecule has 1 aliphatic rings. The number of aromatic nitrogens is 2. The Morgan fingerprint density at radius 1 is 1.04 bits per heavy atom. The van der Waals surface area contributed by atoms with E-state index in [4.69, 9.17) is 16.3 Å². The van der Waals surface area contributed by atoms with E-state index in [0.717, 1.165) is 16.9 Å². The van der Waals surface area contributed by atoms with Gasteiger partial charge in [0.1, 0.15) is 6.73 Å². The van der Waals surface area contributed by atoms with Gasteiger partial charge in [-0.25, -0.2) is 0 Å². The lowest BCUT2D eigenvalue weighted by atomic mass is 10.1. The molecule has 6 heteroatoms. The van der Waals surface area contributed by atoms with E-state index in [1.165, 1.54) is 6.20 Å². The maximum absolute atomic E-state index is 11.9. The van der Waals surface area contributed by atoms with E-state index in [2.05, 4.69) is 9.88 Å². The molecule has 2 heterocycles. The molecule has 3 aromatic rings. The molecule has 1 unspecified atom stereocenters. The summed E-state index contributed by atoms with van der Waals surface area (Å²) in [6.07, 6.45) is 4.57. The second-order valence-corrected chi connectivity index (χ2v) is 6.27. The molecule has 1 atom stereocenters. The molecule has 0 radical (unpaired) electrons. The van der Waals surface area contributed by atoms with Gasteiger partial charge in [0.05, 0.1) is 18.8 Å². The first-order chi connectivity index (χ1) is 12.2. The Kier molecular flexibility index (Phi) is 4.26. The van der Waals surface area contributed by atoms with Gasteiger partial charge in [-0.3, -0.25) is 14.3 Å². The Bertz CT molecular complexity index is 922. The molecule has 0 saturated carbocycles. The zero-order chi connectivity index (χ0) is 17.2. The van der Waals surface area contributed by atoms with E-state index in [-0.39, 0.29) is 11.6 Å². The van der Waals surface area contributed by atoms with Crippen LogP contribution in [-0.4, -0.2) is 22.9 Å². The minimum Gasteiger partial charge on any atom is -0.359 e. The van der Waals surface area contributed by atoms with Crippen molar-refractivity contribution in [3.8, 4) is 5.69 Å². The van der Waals surface area contributed by atoms with Gasteiger partial charge in [-0.05, 0) is 42.0 Å². The molecule has 1 aliphatic heterocycles. The number of halogens is 1. The van der Waals surface area contributed by atoms with Crippen molar-refractivity contribution in [1.82, 2.24) is 9.55 Å². The van der Waals surface area contributed by atoms with Crippen LogP contribution in [0.15, 0.2) is 71.9 Å². The number of benzene rings is 2. The number of ether oxygens (including phenoxy) is 1. The van der Waals surface area contributed by atoms with Gasteiger partial charge in [-0.15, -0.1) is 0 Å². The fraction of sp³-hybridized carbons (Fsp3) is 0.158.